The van der Waals surface area contributed by atoms with Gasteiger partial charge >= 0.3 is 0 Å². The predicted molar refractivity (Wildman–Crippen MR) is 130 cm³/mol. The highest BCUT2D eigenvalue weighted by molar-refractivity contribution is 7.80. The van der Waals surface area contributed by atoms with Crippen LogP contribution < -0.4 is 16.1 Å². The molecule has 3 N–H and O–H groups in total. The number of piperazine rings is 1. The van der Waals surface area contributed by atoms with Crippen LogP contribution in [0, 0.1) is 11.6 Å². The molecule has 1 fully saturated rings. The Morgan fingerprint density at radius 2 is 1.88 bits per heavy atom. The van der Waals surface area contributed by atoms with Crippen molar-refractivity contribution in [2.75, 3.05) is 44.7 Å². The average molecular weight is 490 g/mol. The molecule has 2 aromatic rings. The van der Waals surface area contributed by atoms with Crippen molar-refractivity contribution in [3.05, 3.63) is 53.9 Å². The highest BCUT2D eigenvalue weighted by atomic mass is 32.1. The lowest BCUT2D eigenvalue weighted by Crippen LogP contribution is -2.49. The summed E-state index contributed by atoms with van der Waals surface area (Å²) in [4.78, 5) is 23.8. The summed E-state index contributed by atoms with van der Waals surface area (Å²) in [6, 6.07) is 5.85. The van der Waals surface area contributed by atoms with E-state index >= 15 is 0 Å². The minimum absolute atomic E-state index is 0.0328. The van der Waals surface area contributed by atoms with Crippen molar-refractivity contribution < 1.29 is 18.3 Å². The first kappa shape index (κ1) is 25.0. The SMILES string of the molecule is COC(=S)NCC(C=Nc1cc(F)c(N2CCN(C(=O)Cc3ccncc3)CC2)c(F)c1)=NN. The zero-order valence-electron chi connectivity index (χ0n) is 18.6. The first-order valence-electron chi connectivity index (χ1n) is 10.4. The van der Waals surface area contributed by atoms with E-state index in [4.69, 9.17) is 22.8 Å². The van der Waals surface area contributed by atoms with Crippen LogP contribution in [0.1, 0.15) is 5.56 Å². The number of nitrogens with two attached hydrogens (primary N) is 1. The van der Waals surface area contributed by atoms with Gasteiger partial charge in [-0.3, -0.25) is 14.8 Å². The quantitative estimate of drug-likeness (QED) is 0.264. The summed E-state index contributed by atoms with van der Waals surface area (Å²) in [5.41, 5.74) is 1.10. The fourth-order valence-corrected chi connectivity index (χ4v) is 3.48. The van der Waals surface area contributed by atoms with Gasteiger partial charge in [0, 0.05) is 50.7 Å². The normalized spacial score (nSPS) is 14.4. The van der Waals surface area contributed by atoms with E-state index in [0.29, 0.717) is 31.9 Å². The van der Waals surface area contributed by atoms with Crippen LogP contribution in [0.3, 0.4) is 0 Å². The van der Waals surface area contributed by atoms with E-state index in [-0.39, 0.29) is 35.4 Å². The molecular weight excluding hydrogens is 464 g/mol. The van der Waals surface area contributed by atoms with E-state index in [9.17, 15) is 13.6 Å². The molecule has 1 aromatic carbocycles. The Morgan fingerprint density at radius 3 is 2.47 bits per heavy atom. The zero-order valence-corrected chi connectivity index (χ0v) is 19.4. The number of anilines is 1. The number of ether oxygens (including phenoxy) is 1. The molecule has 1 aliphatic heterocycles. The second-order valence-electron chi connectivity index (χ2n) is 7.38. The third kappa shape index (κ3) is 6.67. The number of thiocarbonyl (C=S) groups is 1. The maximum Gasteiger partial charge on any atom is 0.256 e. The van der Waals surface area contributed by atoms with Crippen LogP contribution >= 0.6 is 12.2 Å². The number of hydrogen-bond donors (Lipinski definition) is 2. The number of aromatic nitrogens is 1. The number of rotatable bonds is 7. The third-order valence-electron chi connectivity index (χ3n) is 5.18. The van der Waals surface area contributed by atoms with Gasteiger partial charge in [-0.2, -0.15) is 5.10 Å². The number of pyridine rings is 1. The molecule has 1 aliphatic rings. The largest absolute Gasteiger partial charge is 0.474 e. The number of carbonyl (C=O) groups is 1. The molecule has 0 unspecified atom stereocenters. The van der Waals surface area contributed by atoms with Crippen molar-refractivity contribution in [2.24, 2.45) is 15.9 Å². The second kappa shape index (κ2) is 12.0. The van der Waals surface area contributed by atoms with Gasteiger partial charge in [-0.15, -0.1) is 0 Å². The van der Waals surface area contributed by atoms with E-state index in [1.807, 2.05) is 0 Å². The minimum Gasteiger partial charge on any atom is -0.474 e. The smallest absolute Gasteiger partial charge is 0.256 e. The van der Waals surface area contributed by atoms with Crippen LogP contribution in [-0.2, 0) is 16.0 Å². The number of amides is 1. The van der Waals surface area contributed by atoms with Crippen LogP contribution in [0.5, 0.6) is 0 Å². The number of benzene rings is 1. The van der Waals surface area contributed by atoms with Crippen molar-refractivity contribution >= 4 is 46.6 Å². The summed E-state index contributed by atoms with van der Waals surface area (Å²) in [5, 5.41) is 6.44. The first-order valence-corrected chi connectivity index (χ1v) is 10.9. The van der Waals surface area contributed by atoms with Crippen molar-refractivity contribution in [1.29, 1.82) is 0 Å². The fourth-order valence-electron chi connectivity index (χ4n) is 3.40. The van der Waals surface area contributed by atoms with Crippen LogP contribution in [0.15, 0.2) is 46.8 Å². The van der Waals surface area contributed by atoms with Gasteiger partial charge in [0.25, 0.3) is 5.17 Å². The molecule has 3 rings (SSSR count). The lowest BCUT2D eigenvalue weighted by Gasteiger charge is -2.36. The van der Waals surface area contributed by atoms with Gasteiger partial charge in [-0.05, 0) is 29.9 Å². The van der Waals surface area contributed by atoms with Gasteiger partial charge in [-0.25, -0.2) is 8.78 Å². The summed E-state index contributed by atoms with van der Waals surface area (Å²) in [6.07, 6.45) is 4.82. The number of nitrogens with zero attached hydrogens (tertiary/aromatic N) is 5. The highest BCUT2D eigenvalue weighted by Crippen LogP contribution is 2.29. The van der Waals surface area contributed by atoms with Gasteiger partial charge in [-0.1, -0.05) is 0 Å². The maximum absolute atomic E-state index is 14.8. The fraction of sp³-hybridized carbons (Fsp3) is 0.318. The third-order valence-corrected chi connectivity index (χ3v) is 5.49. The van der Waals surface area contributed by atoms with Crippen molar-refractivity contribution in [1.82, 2.24) is 15.2 Å². The van der Waals surface area contributed by atoms with Gasteiger partial charge in [0.2, 0.25) is 5.91 Å². The van der Waals surface area contributed by atoms with Crippen LogP contribution in [0.25, 0.3) is 0 Å². The molecule has 34 heavy (non-hydrogen) atoms. The van der Waals surface area contributed by atoms with E-state index in [2.05, 4.69) is 20.4 Å². The Labute approximate surface area is 201 Å². The van der Waals surface area contributed by atoms with Crippen molar-refractivity contribution in [2.45, 2.75) is 6.42 Å². The standard InChI is InChI=1S/C22H25F2N7O2S/c1-33-22(34)28-14-17(29-25)13-27-16-11-18(23)21(19(24)12-16)31-8-6-30(7-9-31)20(32)10-15-2-4-26-5-3-15/h2-5,11-13H,6-10,14,25H2,1H3,(H,28,34). The Hall–Kier alpha value is -3.67. The number of halogens is 2. The van der Waals surface area contributed by atoms with Crippen molar-refractivity contribution in [3.63, 3.8) is 0 Å². The number of hydrazone groups is 1. The molecule has 0 saturated carbocycles. The molecule has 12 heteroatoms. The molecule has 1 amide bonds. The molecule has 1 aromatic heterocycles. The second-order valence-corrected chi connectivity index (χ2v) is 7.75. The Kier molecular flexibility index (Phi) is 8.79. The molecule has 0 spiro atoms. The summed E-state index contributed by atoms with van der Waals surface area (Å²) in [7, 11) is 1.41. The van der Waals surface area contributed by atoms with E-state index in [1.165, 1.54) is 13.3 Å². The topological polar surface area (TPSA) is 108 Å². The number of nitrogens with one attached hydrogen (secondary N) is 1. The number of methoxy groups -OCH3 is 1. The average Bonchev–Trinajstić information content (AvgIpc) is 2.84. The van der Waals surface area contributed by atoms with Gasteiger partial charge in [0.1, 0.15) is 5.69 Å². The van der Waals surface area contributed by atoms with E-state index in [0.717, 1.165) is 17.7 Å². The Bertz CT molecular complexity index is 1050. The highest BCUT2D eigenvalue weighted by Gasteiger charge is 2.25. The molecule has 0 radical (unpaired) electrons. The molecule has 9 nitrogen and oxygen atoms in total. The summed E-state index contributed by atoms with van der Waals surface area (Å²) in [6.45, 7) is 1.51. The molecule has 2 heterocycles. The Morgan fingerprint density at radius 1 is 1.24 bits per heavy atom. The molecule has 1 saturated heterocycles. The summed E-state index contributed by atoms with van der Waals surface area (Å²) < 4.78 is 34.4. The van der Waals surface area contributed by atoms with Crippen molar-refractivity contribution in [3.8, 4) is 0 Å². The molecular formula is C22H25F2N7O2S. The summed E-state index contributed by atoms with van der Waals surface area (Å²) in [5.74, 6) is 3.79. The Balaban J connectivity index is 1.61. The molecule has 0 aliphatic carbocycles. The summed E-state index contributed by atoms with van der Waals surface area (Å²) >= 11 is 4.86. The zero-order chi connectivity index (χ0) is 24.5. The first-order chi connectivity index (χ1) is 16.4. The van der Waals surface area contributed by atoms with Gasteiger partial charge in [0.05, 0.1) is 37.7 Å². The van der Waals surface area contributed by atoms with Gasteiger partial charge in [0.15, 0.2) is 11.6 Å². The minimum atomic E-state index is -0.742. The van der Waals surface area contributed by atoms with Gasteiger partial charge < -0.3 is 25.7 Å². The lowest BCUT2D eigenvalue weighted by atomic mass is 10.1. The maximum atomic E-state index is 14.8. The number of hydrogen-bond acceptors (Lipinski definition) is 8. The van der Waals surface area contributed by atoms with Crippen LogP contribution in [0.2, 0.25) is 0 Å². The van der Waals surface area contributed by atoms with E-state index < -0.39 is 11.6 Å². The number of carbonyl (C=O) groups excluding carboxylic acids is 1. The molecule has 0 bridgehead atoms. The monoisotopic (exact) mass is 489 g/mol. The lowest BCUT2D eigenvalue weighted by molar-refractivity contribution is -0.130. The number of aliphatic imine (C=N–C) groups is 1. The molecule has 180 valence electrons. The predicted octanol–water partition coefficient (Wildman–Crippen LogP) is 1.79. The van der Waals surface area contributed by atoms with Crippen LogP contribution in [0.4, 0.5) is 20.2 Å². The van der Waals surface area contributed by atoms with E-state index in [1.54, 1.807) is 34.3 Å². The molecule has 0 atom stereocenters. The van der Waals surface area contributed by atoms with Crippen LogP contribution in [-0.4, -0.2) is 72.7 Å².